The Labute approximate surface area is 168 Å². The Morgan fingerprint density at radius 3 is 2.36 bits per heavy atom. The molecule has 0 saturated heterocycles. The third-order valence-corrected chi connectivity index (χ3v) is 6.48. The lowest BCUT2D eigenvalue weighted by molar-refractivity contribution is -0.125. The van der Waals surface area contributed by atoms with E-state index in [1.807, 2.05) is 26.8 Å². The summed E-state index contributed by atoms with van der Waals surface area (Å²) < 4.78 is 6.06. The van der Waals surface area contributed by atoms with Gasteiger partial charge in [0, 0.05) is 12.0 Å². The van der Waals surface area contributed by atoms with Crippen LogP contribution in [0.3, 0.4) is 0 Å². The van der Waals surface area contributed by atoms with Crippen molar-refractivity contribution < 1.29 is 14.3 Å². The Hall–Kier alpha value is -1.91. The summed E-state index contributed by atoms with van der Waals surface area (Å²) in [5.41, 5.74) is 0.659. The van der Waals surface area contributed by atoms with Crippen LogP contribution in [-0.4, -0.2) is 28.8 Å². The minimum absolute atomic E-state index is 0.0682. The normalized spacial score (nSPS) is 17.5. The molecule has 2 aliphatic rings. The van der Waals surface area contributed by atoms with Gasteiger partial charge in [0.25, 0.3) is 5.91 Å². The number of hydrogen-bond donors (Lipinski definition) is 1. The monoisotopic (exact) mass is 386 g/mol. The highest BCUT2D eigenvalue weighted by Crippen LogP contribution is 2.39. The van der Waals surface area contributed by atoms with Gasteiger partial charge >= 0.3 is 0 Å². The van der Waals surface area contributed by atoms with Crippen molar-refractivity contribution in [3.63, 3.8) is 0 Å². The first-order valence-corrected chi connectivity index (χ1v) is 11.0. The van der Waals surface area contributed by atoms with Gasteiger partial charge in [0.1, 0.15) is 5.69 Å². The Balaban J connectivity index is 1.82. The standard InChI is InChI=1S/C23H34N2O3/c1-4-20(26)23(5-2,6-3)25-21(27)19-14-13-18(17-9-7-8-10-17)22(24-19)28-15-16-11-12-16/h13-14,16-17H,4-12,15H2,1-3H3,(H,25,27). The van der Waals surface area contributed by atoms with Crippen LogP contribution < -0.4 is 10.1 Å². The number of ketones is 1. The van der Waals surface area contributed by atoms with Crippen LogP contribution in [0.5, 0.6) is 5.88 Å². The maximum Gasteiger partial charge on any atom is 0.270 e. The topological polar surface area (TPSA) is 68.3 Å². The van der Waals surface area contributed by atoms with Crippen LogP contribution in [0.4, 0.5) is 0 Å². The lowest BCUT2D eigenvalue weighted by Crippen LogP contribution is -2.53. The number of nitrogens with zero attached hydrogens (tertiary/aromatic N) is 1. The van der Waals surface area contributed by atoms with Crippen molar-refractivity contribution in [3.8, 4) is 5.88 Å². The summed E-state index contributed by atoms with van der Waals surface area (Å²) >= 11 is 0. The van der Waals surface area contributed by atoms with Gasteiger partial charge in [0.2, 0.25) is 5.88 Å². The molecule has 1 amide bonds. The molecular weight excluding hydrogens is 352 g/mol. The summed E-state index contributed by atoms with van der Waals surface area (Å²) in [5, 5.41) is 2.98. The number of Topliss-reactive ketones (excluding diaryl/α,β-unsaturated/α-hetero) is 1. The van der Waals surface area contributed by atoms with Crippen molar-refractivity contribution in [1.29, 1.82) is 0 Å². The smallest absolute Gasteiger partial charge is 0.270 e. The average molecular weight is 387 g/mol. The number of carbonyl (C=O) groups excluding carboxylic acids is 2. The molecular formula is C23H34N2O3. The van der Waals surface area contributed by atoms with Crippen LogP contribution in [0.2, 0.25) is 0 Å². The van der Waals surface area contributed by atoms with Gasteiger partial charge in [-0.1, -0.05) is 39.7 Å². The number of nitrogens with one attached hydrogen (secondary N) is 1. The Morgan fingerprint density at radius 2 is 1.79 bits per heavy atom. The quantitative estimate of drug-likeness (QED) is 0.627. The van der Waals surface area contributed by atoms with Gasteiger partial charge in [0.05, 0.1) is 12.1 Å². The molecule has 28 heavy (non-hydrogen) atoms. The van der Waals surface area contributed by atoms with Crippen molar-refractivity contribution in [1.82, 2.24) is 10.3 Å². The van der Waals surface area contributed by atoms with Gasteiger partial charge in [-0.2, -0.15) is 0 Å². The molecule has 2 fully saturated rings. The highest BCUT2D eigenvalue weighted by atomic mass is 16.5. The van der Waals surface area contributed by atoms with Crippen LogP contribution in [0.25, 0.3) is 0 Å². The van der Waals surface area contributed by atoms with Gasteiger partial charge < -0.3 is 10.1 Å². The second-order valence-corrected chi connectivity index (χ2v) is 8.35. The molecule has 0 radical (unpaired) electrons. The molecule has 0 aliphatic heterocycles. The minimum Gasteiger partial charge on any atom is -0.477 e. The van der Waals surface area contributed by atoms with Crippen molar-refractivity contribution in [2.75, 3.05) is 6.61 Å². The fraction of sp³-hybridized carbons (Fsp3) is 0.696. The molecule has 2 aliphatic carbocycles. The van der Waals surface area contributed by atoms with Crippen molar-refractivity contribution in [3.05, 3.63) is 23.4 Å². The van der Waals surface area contributed by atoms with E-state index in [4.69, 9.17) is 4.74 Å². The zero-order chi connectivity index (χ0) is 20.1. The summed E-state index contributed by atoms with van der Waals surface area (Å²) in [4.78, 5) is 30.0. The van der Waals surface area contributed by atoms with Crippen LogP contribution >= 0.6 is 0 Å². The Bertz CT molecular complexity index is 702. The third kappa shape index (κ3) is 4.56. The molecule has 0 bridgehead atoms. The number of carbonyl (C=O) groups is 2. The van der Waals surface area contributed by atoms with E-state index in [-0.39, 0.29) is 11.7 Å². The molecule has 1 N–H and O–H groups in total. The summed E-state index contributed by atoms with van der Waals surface area (Å²) in [7, 11) is 0. The first kappa shape index (κ1) is 20.8. The molecule has 0 unspecified atom stereocenters. The summed E-state index contributed by atoms with van der Waals surface area (Å²) in [5.74, 6) is 1.50. The lowest BCUT2D eigenvalue weighted by atomic mass is 9.86. The molecule has 1 aromatic heterocycles. The molecule has 154 valence electrons. The van der Waals surface area contributed by atoms with Gasteiger partial charge in [-0.3, -0.25) is 9.59 Å². The van der Waals surface area contributed by atoms with Gasteiger partial charge in [0.15, 0.2) is 5.78 Å². The largest absolute Gasteiger partial charge is 0.477 e. The molecule has 3 rings (SSSR count). The molecule has 2 saturated carbocycles. The zero-order valence-electron chi connectivity index (χ0n) is 17.6. The highest BCUT2D eigenvalue weighted by molar-refractivity contribution is 5.98. The highest BCUT2D eigenvalue weighted by Gasteiger charge is 2.35. The predicted molar refractivity (Wildman–Crippen MR) is 110 cm³/mol. The fourth-order valence-electron chi connectivity index (χ4n) is 4.23. The number of amides is 1. The molecule has 1 aromatic rings. The minimum atomic E-state index is -0.813. The van der Waals surface area contributed by atoms with Crippen LogP contribution in [-0.2, 0) is 4.79 Å². The number of hydrogen-bond acceptors (Lipinski definition) is 4. The molecule has 5 heteroatoms. The Kier molecular flexibility index (Phi) is 6.73. The molecule has 0 spiro atoms. The maximum absolute atomic E-state index is 13.0. The zero-order valence-corrected chi connectivity index (χ0v) is 17.6. The second-order valence-electron chi connectivity index (χ2n) is 8.35. The van der Waals surface area contributed by atoms with Crippen molar-refractivity contribution in [2.24, 2.45) is 5.92 Å². The van der Waals surface area contributed by atoms with E-state index in [1.54, 1.807) is 6.07 Å². The molecule has 0 atom stereocenters. The van der Waals surface area contributed by atoms with Gasteiger partial charge in [-0.25, -0.2) is 4.98 Å². The van der Waals surface area contributed by atoms with E-state index in [1.165, 1.54) is 25.7 Å². The van der Waals surface area contributed by atoms with Crippen LogP contribution in [0.15, 0.2) is 12.1 Å². The van der Waals surface area contributed by atoms with Crippen molar-refractivity contribution in [2.45, 2.75) is 90.0 Å². The SMILES string of the molecule is CCC(=O)C(CC)(CC)NC(=O)c1ccc(C2CCCC2)c(OCC2CC2)n1. The maximum atomic E-state index is 13.0. The molecule has 1 heterocycles. The van der Waals surface area contributed by atoms with Crippen LogP contribution in [0, 0.1) is 5.92 Å². The van der Waals surface area contributed by atoms with Gasteiger partial charge in [-0.15, -0.1) is 0 Å². The van der Waals surface area contributed by atoms with Crippen molar-refractivity contribution >= 4 is 11.7 Å². The van der Waals surface area contributed by atoms with E-state index in [9.17, 15) is 9.59 Å². The average Bonchev–Trinajstić information content (AvgIpc) is 3.40. The van der Waals surface area contributed by atoms with Gasteiger partial charge in [-0.05, 0) is 56.4 Å². The number of aromatic nitrogens is 1. The molecule has 0 aromatic carbocycles. The number of pyridine rings is 1. The first-order valence-electron chi connectivity index (χ1n) is 11.0. The number of rotatable bonds is 10. The third-order valence-electron chi connectivity index (χ3n) is 6.48. The summed E-state index contributed by atoms with van der Waals surface area (Å²) in [6.07, 6.45) is 8.79. The lowest BCUT2D eigenvalue weighted by Gasteiger charge is -2.31. The Morgan fingerprint density at radius 1 is 1.11 bits per heavy atom. The van der Waals surface area contributed by atoms with Crippen LogP contribution in [0.1, 0.15) is 101 Å². The first-order chi connectivity index (χ1) is 13.5. The summed E-state index contributed by atoms with van der Waals surface area (Å²) in [6.45, 7) is 6.41. The second kappa shape index (κ2) is 9.06. The molecule has 5 nitrogen and oxygen atoms in total. The fourth-order valence-corrected chi connectivity index (χ4v) is 4.23. The summed E-state index contributed by atoms with van der Waals surface area (Å²) in [6, 6.07) is 3.81. The number of ether oxygens (including phenoxy) is 1. The predicted octanol–water partition coefficient (Wildman–Crippen LogP) is 4.80. The van der Waals surface area contributed by atoms with E-state index >= 15 is 0 Å². The van der Waals surface area contributed by atoms with E-state index in [2.05, 4.69) is 10.3 Å². The van der Waals surface area contributed by atoms with E-state index in [0.717, 1.165) is 18.4 Å². The van der Waals surface area contributed by atoms with E-state index < -0.39 is 5.54 Å². The van der Waals surface area contributed by atoms with E-state index in [0.29, 0.717) is 49.3 Å².